The van der Waals surface area contributed by atoms with Crippen LogP contribution in [-0.2, 0) is 0 Å². The Bertz CT molecular complexity index is 248. The first-order valence-corrected chi connectivity index (χ1v) is 5.98. The summed E-state index contributed by atoms with van der Waals surface area (Å²) in [6.45, 7) is 3.51. The van der Waals surface area contributed by atoms with Crippen molar-refractivity contribution in [3.63, 3.8) is 0 Å². The smallest absolute Gasteiger partial charge is 0.314 e. The molecule has 2 unspecified atom stereocenters. The second-order valence-electron chi connectivity index (χ2n) is 5.21. The van der Waals surface area contributed by atoms with Crippen LogP contribution in [0.5, 0.6) is 0 Å². The maximum Gasteiger partial charge on any atom is 0.406 e. The topological polar surface area (TPSA) is 24.1 Å². The Hall–Kier alpha value is -0.290. The van der Waals surface area contributed by atoms with Crippen LogP contribution in [0.25, 0.3) is 0 Å². The first-order chi connectivity index (χ1) is 7.43. The number of hydrogen-bond acceptors (Lipinski definition) is 2. The van der Waals surface area contributed by atoms with Gasteiger partial charge in [0, 0.05) is 6.04 Å². The summed E-state index contributed by atoms with van der Waals surface area (Å²) >= 11 is 0. The third kappa shape index (κ3) is 2.51. The summed E-state index contributed by atoms with van der Waals surface area (Å²) < 4.78 is 38.0. The molecule has 0 spiro atoms. The van der Waals surface area contributed by atoms with E-state index >= 15 is 0 Å². The van der Waals surface area contributed by atoms with E-state index in [1.165, 1.54) is 0 Å². The lowest BCUT2D eigenvalue weighted by atomic mass is 9.93. The average molecular weight is 236 g/mol. The van der Waals surface area contributed by atoms with Crippen molar-refractivity contribution in [3.8, 4) is 0 Å². The zero-order valence-electron chi connectivity index (χ0n) is 9.53. The summed E-state index contributed by atoms with van der Waals surface area (Å²) in [4.78, 5) is 0. The Morgan fingerprint density at radius 2 is 2.06 bits per heavy atom. The molecular weight excluding hydrogens is 217 g/mol. The molecule has 2 aliphatic rings. The van der Waals surface area contributed by atoms with Gasteiger partial charge in [0.15, 0.2) is 0 Å². The molecule has 2 N–H and O–H groups in total. The van der Waals surface area contributed by atoms with E-state index in [1.807, 2.05) is 0 Å². The molecule has 94 valence electrons. The number of hydrogen-bond donors (Lipinski definition) is 2. The van der Waals surface area contributed by atoms with E-state index < -0.39 is 11.7 Å². The molecule has 0 amide bonds. The lowest BCUT2D eigenvalue weighted by Gasteiger charge is -2.30. The van der Waals surface area contributed by atoms with Crippen LogP contribution in [0, 0.1) is 5.92 Å². The Morgan fingerprint density at radius 3 is 2.56 bits per heavy atom. The van der Waals surface area contributed by atoms with Crippen molar-refractivity contribution in [1.29, 1.82) is 0 Å². The highest BCUT2D eigenvalue weighted by molar-refractivity contribution is 5.08. The Kier molecular flexibility index (Phi) is 3.18. The van der Waals surface area contributed by atoms with Gasteiger partial charge in [0.05, 0.1) is 0 Å². The predicted molar refractivity (Wildman–Crippen MR) is 56.2 cm³/mol. The van der Waals surface area contributed by atoms with Crippen LogP contribution in [-0.4, -0.2) is 30.8 Å². The molecule has 2 rings (SSSR count). The molecule has 2 fully saturated rings. The van der Waals surface area contributed by atoms with Gasteiger partial charge in [0.25, 0.3) is 0 Å². The molecular formula is C11H19F3N2. The van der Waals surface area contributed by atoms with E-state index in [2.05, 4.69) is 17.6 Å². The van der Waals surface area contributed by atoms with Crippen LogP contribution in [0.15, 0.2) is 0 Å². The van der Waals surface area contributed by atoms with E-state index in [-0.39, 0.29) is 12.8 Å². The molecule has 1 heterocycles. The van der Waals surface area contributed by atoms with Crippen LogP contribution in [0.4, 0.5) is 13.2 Å². The van der Waals surface area contributed by atoms with Gasteiger partial charge in [-0.15, -0.1) is 0 Å². The molecule has 1 saturated carbocycles. The summed E-state index contributed by atoms with van der Waals surface area (Å²) in [6.07, 6.45) is -1.63. The fourth-order valence-corrected chi connectivity index (χ4v) is 2.45. The first kappa shape index (κ1) is 12.2. The van der Waals surface area contributed by atoms with Gasteiger partial charge < -0.3 is 10.6 Å². The van der Waals surface area contributed by atoms with Crippen LogP contribution < -0.4 is 10.6 Å². The molecule has 1 aliphatic carbocycles. The van der Waals surface area contributed by atoms with Gasteiger partial charge in [-0.3, -0.25) is 0 Å². The fourth-order valence-electron chi connectivity index (χ4n) is 2.45. The Morgan fingerprint density at radius 1 is 1.38 bits per heavy atom. The second-order valence-corrected chi connectivity index (χ2v) is 5.21. The van der Waals surface area contributed by atoms with Crippen molar-refractivity contribution in [3.05, 3.63) is 0 Å². The van der Waals surface area contributed by atoms with E-state index in [0.29, 0.717) is 18.5 Å². The molecule has 0 aromatic heterocycles. The minimum Gasteiger partial charge on any atom is -0.314 e. The van der Waals surface area contributed by atoms with Crippen LogP contribution >= 0.6 is 0 Å². The molecule has 0 radical (unpaired) electrons. The van der Waals surface area contributed by atoms with Gasteiger partial charge in [0.2, 0.25) is 0 Å². The van der Waals surface area contributed by atoms with Gasteiger partial charge in [-0.25, -0.2) is 0 Å². The van der Waals surface area contributed by atoms with Crippen LogP contribution in [0.1, 0.15) is 32.6 Å². The van der Waals surface area contributed by atoms with Gasteiger partial charge in [-0.2, -0.15) is 13.2 Å². The van der Waals surface area contributed by atoms with Crippen LogP contribution in [0.3, 0.4) is 0 Å². The Balaban J connectivity index is 1.79. The van der Waals surface area contributed by atoms with Gasteiger partial charge in [0.1, 0.15) is 5.54 Å². The average Bonchev–Trinajstić information content (AvgIpc) is 2.94. The van der Waals surface area contributed by atoms with Crippen molar-refractivity contribution in [2.45, 2.75) is 50.4 Å². The van der Waals surface area contributed by atoms with E-state index in [4.69, 9.17) is 0 Å². The highest BCUT2D eigenvalue weighted by atomic mass is 19.4. The second kappa shape index (κ2) is 4.18. The van der Waals surface area contributed by atoms with Crippen molar-refractivity contribution in [2.24, 2.45) is 5.92 Å². The highest BCUT2D eigenvalue weighted by Crippen LogP contribution is 2.49. The summed E-state index contributed by atoms with van der Waals surface area (Å²) in [5.41, 5.74) is -1.54. The van der Waals surface area contributed by atoms with Gasteiger partial charge in [-0.05, 0) is 51.6 Å². The maximum atomic E-state index is 12.7. The monoisotopic (exact) mass is 236 g/mol. The summed E-state index contributed by atoms with van der Waals surface area (Å²) in [5, 5.41) is 6.05. The molecule has 0 aromatic carbocycles. The molecule has 5 heteroatoms. The zero-order valence-corrected chi connectivity index (χ0v) is 9.53. The zero-order chi connectivity index (χ0) is 11.8. The summed E-state index contributed by atoms with van der Waals surface area (Å²) in [5.74, 6) is 0.385. The molecule has 16 heavy (non-hydrogen) atoms. The number of alkyl halides is 3. The first-order valence-electron chi connectivity index (χ1n) is 5.98. The largest absolute Gasteiger partial charge is 0.406 e. The van der Waals surface area contributed by atoms with E-state index in [0.717, 1.165) is 19.4 Å². The molecule has 2 atom stereocenters. The summed E-state index contributed by atoms with van der Waals surface area (Å²) in [7, 11) is 0. The standard InChI is InChI=1S/C11H19F3N2/c1-8-6-9(2-5-15-8)7-16-10(3-4-10)11(12,13)14/h8-9,15-16H,2-7H2,1H3. The number of nitrogens with one attached hydrogen (secondary N) is 2. The lowest BCUT2D eigenvalue weighted by molar-refractivity contribution is -0.166. The predicted octanol–water partition coefficient (Wildman–Crippen LogP) is 2.06. The molecule has 2 nitrogen and oxygen atoms in total. The van der Waals surface area contributed by atoms with Crippen LogP contribution in [0.2, 0.25) is 0 Å². The molecule has 0 bridgehead atoms. The van der Waals surface area contributed by atoms with E-state index in [9.17, 15) is 13.2 Å². The number of rotatable bonds is 3. The summed E-state index contributed by atoms with van der Waals surface area (Å²) in [6, 6.07) is 0.432. The maximum absolute atomic E-state index is 12.7. The molecule has 1 aliphatic heterocycles. The fraction of sp³-hybridized carbons (Fsp3) is 1.00. The highest BCUT2D eigenvalue weighted by Gasteiger charge is 2.63. The molecule has 0 aromatic rings. The molecule has 1 saturated heterocycles. The van der Waals surface area contributed by atoms with Gasteiger partial charge in [-0.1, -0.05) is 0 Å². The van der Waals surface area contributed by atoms with Crippen molar-refractivity contribution < 1.29 is 13.2 Å². The SMILES string of the molecule is CC1CC(CNC2(C(F)(F)F)CC2)CCN1. The lowest BCUT2D eigenvalue weighted by Crippen LogP contribution is -2.48. The third-order valence-electron chi connectivity index (χ3n) is 3.75. The normalized spacial score (nSPS) is 33.8. The van der Waals surface area contributed by atoms with E-state index in [1.54, 1.807) is 0 Å². The third-order valence-corrected chi connectivity index (χ3v) is 3.75. The van der Waals surface area contributed by atoms with Crippen molar-refractivity contribution in [2.75, 3.05) is 13.1 Å². The van der Waals surface area contributed by atoms with Crippen molar-refractivity contribution >= 4 is 0 Å². The van der Waals surface area contributed by atoms with Crippen molar-refractivity contribution in [1.82, 2.24) is 10.6 Å². The van der Waals surface area contributed by atoms with Gasteiger partial charge >= 0.3 is 6.18 Å². The minimum absolute atomic E-state index is 0.247. The quantitative estimate of drug-likeness (QED) is 0.783. The number of piperidine rings is 1. The minimum atomic E-state index is -4.08. The number of halogens is 3. The Labute approximate surface area is 94.0 Å².